The van der Waals surface area contributed by atoms with Gasteiger partial charge in [0, 0.05) is 31.9 Å². The van der Waals surface area contributed by atoms with Gasteiger partial charge in [-0.25, -0.2) is 4.98 Å². The van der Waals surface area contributed by atoms with Crippen molar-refractivity contribution in [1.29, 1.82) is 0 Å². The molecule has 5 heteroatoms. The third kappa shape index (κ3) is 2.30. The quantitative estimate of drug-likeness (QED) is 0.734. The van der Waals surface area contributed by atoms with Crippen LogP contribution in [0, 0.1) is 0 Å². The molecule has 1 aromatic rings. The number of amides is 1. The number of hydrogen-bond acceptors (Lipinski definition) is 4. The third-order valence-corrected chi connectivity index (χ3v) is 2.73. The Labute approximate surface area is 94.6 Å². The summed E-state index contributed by atoms with van der Waals surface area (Å²) in [5, 5.41) is 3.37. The summed E-state index contributed by atoms with van der Waals surface area (Å²) in [6.07, 6.45) is 1.53. The van der Waals surface area contributed by atoms with Crippen molar-refractivity contribution >= 4 is 11.7 Å². The smallest absolute Gasteiger partial charge is 0.250 e. The minimum atomic E-state index is -0.437. The molecular weight excluding hydrogens is 204 g/mol. The first-order chi connectivity index (χ1) is 7.66. The number of anilines is 1. The van der Waals surface area contributed by atoms with Crippen molar-refractivity contribution in [2.45, 2.75) is 13.0 Å². The van der Waals surface area contributed by atoms with Crippen molar-refractivity contribution in [3.63, 3.8) is 0 Å². The fraction of sp³-hybridized carbons (Fsp3) is 0.455. The Kier molecular flexibility index (Phi) is 3.05. The maximum absolute atomic E-state index is 10.9. The van der Waals surface area contributed by atoms with Gasteiger partial charge in [0.15, 0.2) is 0 Å². The number of carbonyl (C=O) groups is 1. The summed E-state index contributed by atoms with van der Waals surface area (Å²) in [6.45, 7) is 4.97. The summed E-state index contributed by atoms with van der Waals surface area (Å²) < 4.78 is 0. The molecule has 1 fully saturated rings. The zero-order chi connectivity index (χ0) is 11.5. The van der Waals surface area contributed by atoms with Crippen molar-refractivity contribution in [3.8, 4) is 0 Å². The average Bonchev–Trinajstić information content (AvgIpc) is 2.29. The molecule has 2 rings (SSSR count). The first-order valence-corrected chi connectivity index (χ1v) is 5.41. The van der Waals surface area contributed by atoms with Crippen molar-refractivity contribution < 1.29 is 4.79 Å². The molecule has 1 aromatic heterocycles. The number of rotatable bonds is 2. The second-order valence-electron chi connectivity index (χ2n) is 4.07. The number of carbonyl (C=O) groups excluding carboxylic acids is 1. The lowest BCUT2D eigenvalue weighted by atomic mass is 10.2. The summed E-state index contributed by atoms with van der Waals surface area (Å²) >= 11 is 0. The lowest BCUT2D eigenvalue weighted by Crippen LogP contribution is -2.49. The zero-order valence-electron chi connectivity index (χ0n) is 9.31. The Bertz CT molecular complexity index is 376. The molecular formula is C11H16N4O. The SMILES string of the molecule is CC1CN(c2ccc(C(N)=O)cn2)CCN1. The highest BCUT2D eigenvalue weighted by Gasteiger charge is 2.16. The van der Waals surface area contributed by atoms with Gasteiger partial charge in [0.1, 0.15) is 5.82 Å². The van der Waals surface area contributed by atoms with Crippen LogP contribution in [0.15, 0.2) is 18.3 Å². The van der Waals surface area contributed by atoms with Gasteiger partial charge in [0.25, 0.3) is 0 Å². The van der Waals surface area contributed by atoms with Crippen LogP contribution in [0.3, 0.4) is 0 Å². The first-order valence-electron chi connectivity index (χ1n) is 5.41. The van der Waals surface area contributed by atoms with Crippen molar-refractivity contribution in [3.05, 3.63) is 23.9 Å². The van der Waals surface area contributed by atoms with E-state index >= 15 is 0 Å². The van der Waals surface area contributed by atoms with E-state index < -0.39 is 5.91 Å². The van der Waals surface area contributed by atoms with Crippen LogP contribution in [0.4, 0.5) is 5.82 Å². The van der Waals surface area contributed by atoms with E-state index in [0.29, 0.717) is 11.6 Å². The van der Waals surface area contributed by atoms with E-state index in [9.17, 15) is 4.79 Å². The topological polar surface area (TPSA) is 71.2 Å². The molecule has 0 radical (unpaired) electrons. The van der Waals surface area contributed by atoms with Gasteiger partial charge < -0.3 is 16.0 Å². The lowest BCUT2D eigenvalue weighted by Gasteiger charge is -2.32. The number of aromatic nitrogens is 1. The number of nitrogens with one attached hydrogen (secondary N) is 1. The average molecular weight is 220 g/mol. The number of hydrogen-bond donors (Lipinski definition) is 2. The predicted molar refractivity (Wildman–Crippen MR) is 62.4 cm³/mol. The van der Waals surface area contributed by atoms with Crippen LogP contribution < -0.4 is 16.0 Å². The number of nitrogens with two attached hydrogens (primary N) is 1. The Morgan fingerprint density at radius 3 is 3.00 bits per heavy atom. The van der Waals surface area contributed by atoms with Gasteiger partial charge >= 0.3 is 0 Å². The molecule has 2 heterocycles. The summed E-state index contributed by atoms with van der Waals surface area (Å²) in [5.41, 5.74) is 5.61. The molecule has 1 unspecified atom stereocenters. The lowest BCUT2D eigenvalue weighted by molar-refractivity contribution is 0.1000. The van der Waals surface area contributed by atoms with Crippen molar-refractivity contribution in [2.24, 2.45) is 5.73 Å². The van der Waals surface area contributed by atoms with Crippen LogP contribution in [0.5, 0.6) is 0 Å². The van der Waals surface area contributed by atoms with Crippen LogP contribution >= 0.6 is 0 Å². The Hall–Kier alpha value is -1.62. The van der Waals surface area contributed by atoms with E-state index in [2.05, 4.69) is 22.1 Å². The second-order valence-corrected chi connectivity index (χ2v) is 4.07. The number of pyridine rings is 1. The highest BCUT2D eigenvalue weighted by Crippen LogP contribution is 2.13. The molecule has 1 aliphatic heterocycles. The first kappa shape index (κ1) is 10.9. The fourth-order valence-corrected chi connectivity index (χ4v) is 1.86. The number of piperazine rings is 1. The number of primary amides is 1. The largest absolute Gasteiger partial charge is 0.366 e. The molecule has 1 aliphatic rings. The second kappa shape index (κ2) is 4.49. The Balaban J connectivity index is 2.11. The molecule has 0 saturated carbocycles. The Morgan fingerprint density at radius 1 is 1.62 bits per heavy atom. The molecule has 0 bridgehead atoms. The molecule has 3 N–H and O–H groups in total. The molecule has 16 heavy (non-hydrogen) atoms. The predicted octanol–water partition coefficient (Wildman–Crippen LogP) is -0.0214. The molecule has 86 valence electrons. The van der Waals surface area contributed by atoms with Crippen molar-refractivity contribution in [2.75, 3.05) is 24.5 Å². The van der Waals surface area contributed by atoms with Crippen molar-refractivity contribution in [1.82, 2.24) is 10.3 Å². The zero-order valence-corrected chi connectivity index (χ0v) is 9.31. The molecule has 0 aromatic carbocycles. The highest BCUT2D eigenvalue weighted by atomic mass is 16.1. The van der Waals surface area contributed by atoms with E-state index in [0.717, 1.165) is 25.5 Å². The van der Waals surface area contributed by atoms with Gasteiger partial charge in [-0.1, -0.05) is 0 Å². The normalized spacial score (nSPS) is 20.8. The summed E-state index contributed by atoms with van der Waals surface area (Å²) in [6, 6.07) is 4.03. The standard InChI is InChI=1S/C11H16N4O/c1-8-7-15(5-4-13-8)10-3-2-9(6-14-10)11(12)16/h2-3,6,8,13H,4-5,7H2,1H3,(H2,12,16). The molecule has 5 nitrogen and oxygen atoms in total. The van der Waals surface area contributed by atoms with E-state index in [1.54, 1.807) is 6.07 Å². The monoisotopic (exact) mass is 220 g/mol. The summed E-state index contributed by atoms with van der Waals surface area (Å²) in [7, 11) is 0. The van der Waals surface area contributed by atoms with Crippen LogP contribution in [0.1, 0.15) is 17.3 Å². The van der Waals surface area contributed by atoms with E-state index in [-0.39, 0.29) is 0 Å². The fourth-order valence-electron chi connectivity index (χ4n) is 1.86. The summed E-state index contributed by atoms with van der Waals surface area (Å²) in [4.78, 5) is 17.4. The van der Waals surface area contributed by atoms with Crippen LogP contribution in [0.2, 0.25) is 0 Å². The molecule has 0 spiro atoms. The molecule has 1 saturated heterocycles. The molecule has 1 atom stereocenters. The third-order valence-electron chi connectivity index (χ3n) is 2.73. The molecule has 0 aliphatic carbocycles. The highest BCUT2D eigenvalue weighted by molar-refractivity contribution is 5.92. The van der Waals surface area contributed by atoms with Gasteiger partial charge in [-0.2, -0.15) is 0 Å². The van der Waals surface area contributed by atoms with Gasteiger partial charge in [-0.3, -0.25) is 4.79 Å². The van der Waals surface area contributed by atoms with E-state index in [4.69, 9.17) is 5.73 Å². The Morgan fingerprint density at radius 2 is 2.44 bits per heavy atom. The van der Waals surface area contributed by atoms with Crippen LogP contribution in [0.25, 0.3) is 0 Å². The van der Waals surface area contributed by atoms with Crippen LogP contribution in [-0.2, 0) is 0 Å². The van der Waals surface area contributed by atoms with Crippen LogP contribution in [-0.4, -0.2) is 36.6 Å². The summed E-state index contributed by atoms with van der Waals surface area (Å²) in [5.74, 6) is 0.464. The van der Waals surface area contributed by atoms with Gasteiger partial charge in [-0.05, 0) is 19.1 Å². The maximum atomic E-state index is 10.9. The van der Waals surface area contributed by atoms with E-state index in [1.807, 2.05) is 6.07 Å². The van der Waals surface area contributed by atoms with E-state index in [1.165, 1.54) is 6.20 Å². The minimum Gasteiger partial charge on any atom is -0.366 e. The maximum Gasteiger partial charge on any atom is 0.250 e. The van der Waals surface area contributed by atoms with Gasteiger partial charge in [-0.15, -0.1) is 0 Å². The number of nitrogens with zero attached hydrogens (tertiary/aromatic N) is 2. The van der Waals surface area contributed by atoms with Gasteiger partial charge in [0.05, 0.1) is 5.56 Å². The van der Waals surface area contributed by atoms with Gasteiger partial charge in [0.2, 0.25) is 5.91 Å². The minimum absolute atomic E-state index is 0.437. The molecule has 1 amide bonds.